The number of aryl methyl sites for hydroxylation is 2. The van der Waals surface area contributed by atoms with Gasteiger partial charge in [-0.15, -0.1) is 11.3 Å². The monoisotopic (exact) mass is 779 g/mol. The number of thiophene rings is 1. The van der Waals surface area contributed by atoms with Crippen LogP contribution in [0.3, 0.4) is 0 Å². The summed E-state index contributed by atoms with van der Waals surface area (Å²) in [5.74, 6) is -1.37. The summed E-state index contributed by atoms with van der Waals surface area (Å²) >= 11 is 1.46. The molecule has 1 aromatic carbocycles. The van der Waals surface area contributed by atoms with Crippen LogP contribution in [0.25, 0.3) is 0 Å². The van der Waals surface area contributed by atoms with Crippen molar-refractivity contribution in [2.24, 2.45) is 0 Å². The number of likely N-dealkylation sites (tertiary alicyclic amines) is 2. The largest absolute Gasteiger partial charge is 0.474 e. The van der Waals surface area contributed by atoms with Gasteiger partial charge in [0.25, 0.3) is 11.8 Å². The van der Waals surface area contributed by atoms with E-state index in [1.807, 2.05) is 44.2 Å². The lowest BCUT2D eigenvalue weighted by molar-refractivity contribution is -0.160. The lowest BCUT2D eigenvalue weighted by atomic mass is 9.78. The Kier molecular flexibility index (Phi) is 14.8. The van der Waals surface area contributed by atoms with Crippen molar-refractivity contribution in [3.8, 4) is 5.75 Å². The number of alkyl halides is 3. The molecule has 3 aromatic rings. The Hall–Kier alpha value is -3.78. The van der Waals surface area contributed by atoms with Crippen LogP contribution in [-0.2, 0) is 32.0 Å². The average Bonchev–Trinajstić information content (AvgIpc) is 3.50. The van der Waals surface area contributed by atoms with Gasteiger partial charge in [-0.05, 0) is 68.2 Å². The third-order valence-corrected chi connectivity index (χ3v) is 11.5. The molecule has 2 atom stereocenters. The fourth-order valence-electron chi connectivity index (χ4n) is 7.51. The molecule has 0 aliphatic carbocycles. The quantitative estimate of drug-likeness (QED) is 0.184. The molecule has 0 unspecified atom stereocenters. The number of carbonyl (C=O) groups is 3. The van der Waals surface area contributed by atoms with Crippen molar-refractivity contribution in [1.29, 1.82) is 0 Å². The molecule has 2 saturated heterocycles. The Morgan fingerprint density at radius 1 is 1.08 bits per heavy atom. The third-order valence-electron chi connectivity index (χ3n) is 9.78. The molecule has 4 heterocycles. The van der Waals surface area contributed by atoms with Crippen LogP contribution in [0.4, 0.5) is 13.2 Å². The summed E-state index contributed by atoms with van der Waals surface area (Å²) in [5, 5.41) is 1.81. The number of pyridine rings is 1. The molecule has 0 N–H and O–H groups in total. The van der Waals surface area contributed by atoms with E-state index >= 15 is 0 Å². The van der Waals surface area contributed by atoms with Crippen molar-refractivity contribution in [3.05, 3.63) is 81.3 Å². The van der Waals surface area contributed by atoms with Crippen molar-refractivity contribution < 1.29 is 40.7 Å². The van der Waals surface area contributed by atoms with Gasteiger partial charge in [0.1, 0.15) is 17.3 Å². The number of nitrogens with zero attached hydrogens (tertiary/aromatic N) is 3. The molecule has 2 aromatic heterocycles. The fraction of sp³-hybridized carbons (Fsp3) is 0.538. The Bertz CT molecular complexity index is 1840. The summed E-state index contributed by atoms with van der Waals surface area (Å²) in [7, 11) is -3.41. The van der Waals surface area contributed by atoms with Crippen LogP contribution in [0.1, 0.15) is 105 Å². The number of amides is 2. The van der Waals surface area contributed by atoms with Gasteiger partial charge in [-0.3, -0.25) is 19.4 Å². The van der Waals surface area contributed by atoms with E-state index in [2.05, 4.69) is 4.98 Å². The van der Waals surface area contributed by atoms with Gasteiger partial charge >= 0.3 is 6.18 Å². The first-order chi connectivity index (χ1) is 24.1. The van der Waals surface area contributed by atoms with Gasteiger partial charge in [-0.1, -0.05) is 52.5 Å². The first-order valence-corrected chi connectivity index (χ1v) is 20.2. The molecule has 2 fully saturated rings. The molecule has 2 aliphatic heterocycles. The van der Waals surface area contributed by atoms with Gasteiger partial charge in [0.2, 0.25) is 5.60 Å². The highest BCUT2D eigenvalue weighted by Gasteiger charge is 2.56. The number of sulfone groups is 1. The van der Waals surface area contributed by atoms with E-state index in [1.165, 1.54) is 16.2 Å². The van der Waals surface area contributed by atoms with Gasteiger partial charge in [-0.25, -0.2) is 8.42 Å². The van der Waals surface area contributed by atoms with Crippen LogP contribution in [-0.4, -0.2) is 84.1 Å². The second-order valence-corrected chi connectivity index (χ2v) is 16.8. The van der Waals surface area contributed by atoms with Crippen molar-refractivity contribution in [2.75, 3.05) is 31.6 Å². The van der Waals surface area contributed by atoms with E-state index < -0.39 is 50.4 Å². The molecule has 0 radical (unpaired) electrons. The summed E-state index contributed by atoms with van der Waals surface area (Å²) in [4.78, 5) is 49.2. The number of halogens is 3. The van der Waals surface area contributed by atoms with Gasteiger partial charge in [0.15, 0.2) is 9.84 Å². The fourth-order valence-corrected chi connectivity index (χ4v) is 8.85. The molecule has 9 nitrogen and oxygen atoms in total. The number of ether oxygens (including phenoxy) is 1. The van der Waals surface area contributed by atoms with Crippen molar-refractivity contribution in [3.63, 3.8) is 0 Å². The second-order valence-electron chi connectivity index (χ2n) is 13.6. The number of rotatable bonds is 12. The van der Waals surface area contributed by atoms with Crippen LogP contribution < -0.4 is 4.74 Å². The number of aromatic nitrogens is 1. The standard InChI is InChI=1S/C37H44F3N3O6S2.2CH4/c1-4-8-33-36(49-29-21-25(2)50-23-29,16-7-18-43(33)34(45)31-22-41-17-13-32(31)37(38,39)40)35(46)42-19-14-27(15-20-42)30-10-6-5-9-26(30)11-12-28(44)24-51(3,47)48;;/h5-6,9-10,13,17,21-23,27,33H,4,7-8,11-12,14-16,18-20,24H2,1-3H3;2*1H4/t33-,36+;;/m1../s1. The third kappa shape index (κ3) is 10.3. The van der Waals surface area contributed by atoms with Crippen molar-refractivity contribution in [1.82, 2.24) is 14.8 Å². The Balaban J connectivity index is 0.00000378. The van der Waals surface area contributed by atoms with Gasteiger partial charge < -0.3 is 14.5 Å². The van der Waals surface area contributed by atoms with E-state index in [4.69, 9.17) is 4.74 Å². The highest BCUT2D eigenvalue weighted by molar-refractivity contribution is 7.91. The van der Waals surface area contributed by atoms with Crippen LogP contribution in [0.15, 0.2) is 54.2 Å². The summed E-state index contributed by atoms with van der Waals surface area (Å²) in [6.45, 7) is 4.78. The Morgan fingerprint density at radius 3 is 2.40 bits per heavy atom. The maximum atomic E-state index is 14.9. The molecular formula is C39H52F3N3O6S2. The lowest BCUT2D eigenvalue weighted by Crippen LogP contribution is -2.68. The maximum absolute atomic E-state index is 14.9. The Labute approximate surface area is 315 Å². The predicted octanol–water partition coefficient (Wildman–Crippen LogP) is 7.92. The van der Waals surface area contributed by atoms with Gasteiger partial charge in [0.05, 0.1) is 17.2 Å². The summed E-state index contributed by atoms with van der Waals surface area (Å²) < 4.78 is 72.0. The van der Waals surface area contributed by atoms with Crippen LogP contribution >= 0.6 is 11.3 Å². The number of benzene rings is 1. The summed E-state index contributed by atoms with van der Waals surface area (Å²) in [6.07, 6.45) is 1.54. The Morgan fingerprint density at radius 2 is 1.77 bits per heavy atom. The first kappa shape index (κ1) is 43.6. The minimum Gasteiger partial charge on any atom is -0.474 e. The molecule has 2 aliphatic rings. The van der Waals surface area contributed by atoms with Crippen LogP contribution in [0.2, 0.25) is 0 Å². The lowest BCUT2D eigenvalue weighted by Gasteiger charge is -2.50. The van der Waals surface area contributed by atoms with E-state index in [9.17, 15) is 36.0 Å². The number of carbonyl (C=O) groups excluding carboxylic acids is 3. The highest BCUT2D eigenvalue weighted by atomic mass is 32.2. The van der Waals surface area contributed by atoms with Crippen molar-refractivity contribution >= 4 is 38.8 Å². The topological polar surface area (TPSA) is 114 Å². The zero-order valence-corrected chi connectivity index (χ0v) is 30.7. The number of ketones is 1. The molecular weight excluding hydrogens is 728 g/mol. The van der Waals surface area contributed by atoms with Crippen LogP contribution in [0, 0.1) is 6.92 Å². The van der Waals surface area contributed by atoms with Gasteiger partial charge in [0, 0.05) is 61.4 Å². The van der Waals surface area contributed by atoms with Gasteiger partial charge in [-0.2, -0.15) is 13.2 Å². The minimum absolute atomic E-state index is 0. The smallest absolute Gasteiger partial charge is 0.417 e. The molecule has 5 rings (SSSR count). The predicted molar refractivity (Wildman–Crippen MR) is 202 cm³/mol. The first-order valence-electron chi connectivity index (χ1n) is 17.3. The molecule has 0 spiro atoms. The second kappa shape index (κ2) is 18.0. The zero-order chi connectivity index (χ0) is 37.0. The zero-order valence-electron chi connectivity index (χ0n) is 29.1. The van der Waals surface area contributed by atoms with E-state index in [-0.39, 0.29) is 45.4 Å². The molecule has 0 bridgehead atoms. The molecule has 292 valence electrons. The number of piperidine rings is 2. The van der Waals surface area contributed by atoms with E-state index in [0.29, 0.717) is 63.8 Å². The molecule has 0 saturated carbocycles. The highest BCUT2D eigenvalue weighted by Crippen LogP contribution is 2.41. The molecule has 2 amide bonds. The molecule has 14 heteroatoms. The average molecular weight is 780 g/mol. The summed E-state index contributed by atoms with van der Waals surface area (Å²) in [6, 6.07) is 9.57. The maximum Gasteiger partial charge on any atom is 0.417 e. The van der Waals surface area contributed by atoms with Crippen molar-refractivity contribution in [2.45, 2.75) is 104 Å². The number of Topliss-reactive ketones (excluding diaryl/α,β-unsaturated/α-hetero) is 1. The minimum atomic E-state index is -4.77. The van der Waals surface area contributed by atoms with E-state index in [0.717, 1.165) is 40.7 Å². The summed E-state index contributed by atoms with van der Waals surface area (Å²) in [5.41, 5.74) is -1.13. The SMILES string of the molecule is C.C.CCC[C@H]1N(C(=O)c2cnccc2C(F)(F)F)CCC[C@@]1(Oc1csc(C)c1)C(=O)N1CCC(c2ccccc2CCC(=O)CS(C)(=O)=O)CC1. The van der Waals surface area contributed by atoms with Crippen LogP contribution in [0.5, 0.6) is 5.75 Å². The normalized spacial score (nSPS) is 19.5. The number of hydrogen-bond acceptors (Lipinski definition) is 8. The van der Waals surface area contributed by atoms with E-state index in [1.54, 1.807) is 10.3 Å². The molecule has 53 heavy (non-hydrogen) atoms. The number of hydrogen-bond donors (Lipinski definition) is 0.